The number of carboxylic acids is 2. The van der Waals surface area contributed by atoms with Crippen LogP contribution in [0, 0.1) is 0 Å². The summed E-state index contributed by atoms with van der Waals surface area (Å²) in [4.78, 5) is 22.9. The minimum Gasteiger partial charge on any atom is -0.493 e. The highest BCUT2D eigenvalue weighted by molar-refractivity contribution is 5.97. The second kappa shape index (κ2) is 9.87. The summed E-state index contributed by atoms with van der Waals surface area (Å²) in [6, 6.07) is 7.59. The third-order valence-corrected chi connectivity index (χ3v) is 4.02. The number of anilines is 1. The Kier molecular flexibility index (Phi) is 7.28. The molecule has 30 heavy (non-hydrogen) atoms. The van der Waals surface area contributed by atoms with Gasteiger partial charge in [-0.3, -0.25) is 0 Å². The minimum atomic E-state index is -1.32. The predicted octanol–water partition coefficient (Wildman–Crippen LogP) is 1.50. The molecule has 0 radical (unpaired) electrons. The topological polar surface area (TPSA) is 173 Å². The lowest BCUT2D eigenvalue weighted by atomic mass is 10.0. The van der Waals surface area contributed by atoms with E-state index in [1.807, 2.05) is 0 Å². The van der Waals surface area contributed by atoms with E-state index < -0.39 is 24.6 Å². The van der Waals surface area contributed by atoms with Crippen molar-refractivity contribution in [2.75, 3.05) is 26.1 Å². The molecule has 2 aromatic rings. The van der Waals surface area contributed by atoms with Gasteiger partial charge in [-0.05, 0) is 30.3 Å². The van der Waals surface area contributed by atoms with Crippen LogP contribution in [0.2, 0.25) is 0 Å². The molecule has 160 valence electrons. The number of ether oxygens (including phenoxy) is 3. The number of hydrogen-bond donors (Lipinski definition) is 5. The zero-order valence-corrected chi connectivity index (χ0v) is 16.2. The second-order valence-corrected chi connectivity index (χ2v) is 5.91. The molecule has 0 aliphatic carbocycles. The molecule has 0 aliphatic rings. The molecule has 0 fully saturated rings. The monoisotopic (exact) mass is 419 g/mol. The van der Waals surface area contributed by atoms with Crippen LogP contribution in [0.5, 0.6) is 17.2 Å². The van der Waals surface area contributed by atoms with Crippen molar-refractivity contribution in [3.8, 4) is 17.2 Å². The number of amidine groups is 1. The molecule has 0 aliphatic heterocycles. The third-order valence-electron chi connectivity index (χ3n) is 4.02. The molecule has 0 aromatic heterocycles. The summed E-state index contributed by atoms with van der Waals surface area (Å²) >= 11 is 0. The molecule has 0 spiro atoms. The van der Waals surface area contributed by atoms with Gasteiger partial charge in [-0.2, -0.15) is 0 Å². The Labute approximate surface area is 171 Å². The van der Waals surface area contributed by atoms with E-state index in [4.69, 9.17) is 30.3 Å². The summed E-state index contributed by atoms with van der Waals surface area (Å²) in [5.41, 5.74) is 6.49. The van der Waals surface area contributed by atoms with Crippen molar-refractivity contribution < 1.29 is 39.2 Å². The van der Waals surface area contributed by atoms with Crippen LogP contribution in [0.1, 0.15) is 17.2 Å². The molecule has 1 unspecified atom stereocenters. The number of nitrogens with two attached hydrogens (primary N) is 1. The van der Waals surface area contributed by atoms with Gasteiger partial charge in [-0.1, -0.05) is 5.16 Å². The zero-order chi connectivity index (χ0) is 22.3. The number of rotatable bonds is 10. The van der Waals surface area contributed by atoms with E-state index in [0.29, 0.717) is 11.3 Å². The largest absolute Gasteiger partial charge is 0.493 e. The van der Waals surface area contributed by atoms with Gasteiger partial charge >= 0.3 is 11.9 Å². The fourth-order valence-electron chi connectivity index (χ4n) is 2.60. The summed E-state index contributed by atoms with van der Waals surface area (Å²) in [5.74, 6) is -2.08. The molecular weight excluding hydrogens is 398 g/mol. The molecule has 0 saturated heterocycles. The Morgan fingerprint density at radius 1 is 1.07 bits per heavy atom. The Balaban J connectivity index is 2.46. The number of oxime groups is 1. The first-order chi connectivity index (χ1) is 14.3. The molecule has 0 heterocycles. The van der Waals surface area contributed by atoms with Gasteiger partial charge < -0.3 is 40.7 Å². The lowest BCUT2D eigenvalue weighted by Crippen LogP contribution is -2.22. The van der Waals surface area contributed by atoms with E-state index in [9.17, 15) is 14.7 Å². The maximum atomic E-state index is 12.0. The van der Waals surface area contributed by atoms with Gasteiger partial charge in [0.2, 0.25) is 0 Å². The van der Waals surface area contributed by atoms with Gasteiger partial charge in [-0.15, -0.1) is 0 Å². The van der Waals surface area contributed by atoms with Crippen molar-refractivity contribution in [1.82, 2.24) is 0 Å². The molecule has 2 rings (SSSR count). The number of carboxylic acid groups (broad SMARTS) is 2. The standard InChI is InChI=1S/C19H21N3O8/c1-28-14-7-12(13(8-15(14)29-2)30-9-16(23)24)17(19(25)26)21-11-5-3-10(4-6-11)18(20)22-27/h3-8,17,21,27H,9H2,1-2H3,(H2,20,22)(H,23,24)(H,25,26). The highest BCUT2D eigenvalue weighted by atomic mass is 16.5. The molecule has 11 heteroatoms. The van der Waals surface area contributed by atoms with E-state index in [1.54, 1.807) is 12.1 Å². The van der Waals surface area contributed by atoms with Crippen molar-refractivity contribution in [3.05, 3.63) is 47.5 Å². The highest BCUT2D eigenvalue weighted by Gasteiger charge is 2.26. The average Bonchev–Trinajstić information content (AvgIpc) is 2.75. The maximum absolute atomic E-state index is 12.0. The van der Waals surface area contributed by atoms with Crippen molar-refractivity contribution in [1.29, 1.82) is 0 Å². The third kappa shape index (κ3) is 5.22. The van der Waals surface area contributed by atoms with E-state index in [-0.39, 0.29) is 28.6 Å². The highest BCUT2D eigenvalue weighted by Crippen LogP contribution is 2.38. The van der Waals surface area contributed by atoms with Gasteiger partial charge in [-0.25, -0.2) is 9.59 Å². The Bertz CT molecular complexity index is 944. The van der Waals surface area contributed by atoms with Crippen LogP contribution < -0.4 is 25.3 Å². The van der Waals surface area contributed by atoms with Gasteiger partial charge in [0.15, 0.2) is 30.0 Å². The summed E-state index contributed by atoms with van der Waals surface area (Å²) < 4.78 is 15.7. The normalized spacial score (nSPS) is 12.0. The molecule has 1 atom stereocenters. The number of nitrogens with zero attached hydrogens (tertiary/aromatic N) is 1. The van der Waals surface area contributed by atoms with Crippen LogP contribution in [0.4, 0.5) is 5.69 Å². The number of carbonyl (C=O) groups is 2. The lowest BCUT2D eigenvalue weighted by molar-refractivity contribution is -0.139. The van der Waals surface area contributed by atoms with Gasteiger partial charge in [0.05, 0.1) is 14.2 Å². The van der Waals surface area contributed by atoms with Crippen molar-refractivity contribution in [2.24, 2.45) is 10.9 Å². The fraction of sp³-hybridized carbons (Fsp3) is 0.211. The number of benzene rings is 2. The van der Waals surface area contributed by atoms with Crippen LogP contribution in [0.25, 0.3) is 0 Å². The van der Waals surface area contributed by atoms with Gasteiger partial charge in [0.25, 0.3) is 0 Å². The molecule has 2 aromatic carbocycles. The Hall–Kier alpha value is -4.15. The number of methoxy groups -OCH3 is 2. The quantitative estimate of drug-likeness (QED) is 0.164. The molecule has 0 amide bonds. The van der Waals surface area contributed by atoms with Gasteiger partial charge in [0, 0.05) is 22.9 Å². The van der Waals surface area contributed by atoms with Crippen LogP contribution in [-0.2, 0) is 9.59 Å². The van der Waals surface area contributed by atoms with E-state index in [0.717, 1.165) is 0 Å². The molecule has 6 N–H and O–H groups in total. The molecular formula is C19H21N3O8. The summed E-state index contributed by atoms with van der Waals surface area (Å²) in [7, 11) is 2.77. The Morgan fingerprint density at radius 3 is 2.17 bits per heavy atom. The maximum Gasteiger partial charge on any atom is 0.341 e. The lowest BCUT2D eigenvalue weighted by Gasteiger charge is -2.21. The summed E-state index contributed by atoms with van der Waals surface area (Å²) in [5, 5.41) is 33.2. The van der Waals surface area contributed by atoms with Gasteiger partial charge in [0.1, 0.15) is 5.75 Å². The first kappa shape index (κ1) is 22.1. The first-order valence-corrected chi connectivity index (χ1v) is 8.48. The van der Waals surface area contributed by atoms with Crippen LogP contribution in [-0.4, -0.2) is 54.0 Å². The van der Waals surface area contributed by atoms with E-state index in [1.165, 1.54) is 38.5 Å². The fourth-order valence-corrected chi connectivity index (χ4v) is 2.60. The molecule has 11 nitrogen and oxygen atoms in total. The minimum absolute atomic E-state index is 0.00299. The van der Waals surface area contributed by atoms with Crippen LogP contribution in [0.15, 0.2) is 41.6 Å². The zero-order valence-electron chi connectivity index (χ0n) is 16.2. The second-order valence-electron chi connectivity index (χ2n) is 5.91. The smallest absolute Gasteiger partial charge is 0.341 e. The number of aliphatic carboxylic acids is 2. The molecule has 0 bridgehead atoms. The Morgan fingerprint density at radius 2 is 1.67 bits per heavy atom. The number of nitrogens with one attached hydrogen (secondary N) is 1. The van der Waals surface area contributed by atoms with E-state index >= 15 is 0 Å². The molecule has 0 saturated carbocycles. The first-order valence-electron chi connectivity index (χ1n) is 8.48. The van der Waals surface area contributed by atoms with Crippen molar-refractivity contribution >= 4 is 23.5 Å². The van der Waals surface area contributed by atoms with E-state index in [2.05, 4.69) is 10.5 Å². The predicted molar refractivity (Wildman–Crippen MR) is 106 cm³/mol. The number of hydrogen-bond acceptors (Lipinski definition) is 8. The summed E-state index contributed by atoms with van der Waals surface area (Å²) in [6.07, 6.45) is 0. The average molecular weight is 419 g/mol. The SMILES string of the molecule is COc1cc(OCC(=O)O)c(C(Nc2ccc(C(N)=NO)cc2)C(=O)O)cc1OC. The van der Waals surface area contributed by atoms with Crippen molar-refractivity contribution in [3.63, 3.8) is 0 Å². The van der Waals surface area contributed by atoms with Crippen molar-refractivity contribution in [2.45, 2.75) is 6.04 Å². The van der Waals surface area contributed by atoms with Crippen LogP contribution in [0.3, 0.4) is 0 Å². The van der Waals surface area contributed by atoms with Crippen LogP contribution >= 0.6 is 0 Å². The summed E-state index contributed by atoms with van der Waals surface area (Å²) in [6.45, 7) is -0.677.